The van der Waals surface area contributed by atoms with Crippen LogP contribution in [0, 0.1) is 0 Å². The maximum atomic E-state index is 10.3. The molecule has 0 unspecified atom stereocenters. The zero-order valence-corrected chi connectivity index (χ0v) is 13.9. The molecule has 1 aromatic carbocycles. The minimum absolute atomic E-state index is 0.0833. The van der Waals surface area contributed by atoms with Crippen molar-refractivity contribution in [2.24, 2.45) is 0 Å². The normalized spacial score (nSPS) is 9.38. The van der Waals surface area contributed by atoms with Gasteiger partial charge in [-0.3, -0.25) is 0 Å². The van der Waals surface area contributed by atoms with Gasteiger partial charge < -0.3 is 10.2 Å². The van der Waals surface area contributed by atoms with Gasteiger partial charge in [0, 0.05) is 0 Å². The summed E-state index contributed by atoms with van der Waals surface area (Å²) in [6.45, 7) is 0. The number of carbonyl (C=O) groups is 2. The smallest absolute Gasteiger partial charge is 0.335 e. The lowest BCUT2D eigenvalue weighted by Gasteiger charge is -1.97. The van der Waals surface area contributed by atoms with Crippen molar-refractivity contribution in [3.05, 3.63) is 108 Å². The third-order valence-electron chi connectivity index (χ3n) is 3.48. The van der Waals surface area contributed by atoms with E-state index in [4.69, 9.17) is 10.2 Å². The number of aromatic carboxylic acids is 2. The zero-order chi connectivity index (χ0) is 18.8. The van der Waals surface area contributed by atoms with Crippen LogP contribution in [0.1, 0.15) is 20.7 Å². The maximum absolute atomic E-state index is 10.3. The second-order valence-corrected chi connectivity index (χ2v) is 5.30. The quantitative estimate of drug-likeness (QED) is 0.685. The van der Waals surface area contributed by atoms with E-state index in [0.717, 1.165) is 0 Å². The van der Waals surface area contributed by atoms with Crippen molar-refractivity contribution in [3.8, 4) is 11.1 Å². The van der Waals surface area contributed by atoms with Crippen LogP contribution >= 0.6 is 0 Å². The highest BCUT2D eigenvalue weighted by molar-refractivity contribution is 5.91. The highest BCUT2D eigenvalue weighted by Crippen LogP contribution is 2.16. The molecule has 0 saturated heterocycles. The minimum atomic E-state index is -1.06. The molecule has 0 atom stereocenters. The van der Waals surface area contributed by atoms with Crippen molar-refractivity contribution >= 4 is 11.9 Å². The van der Waals surface area contributed by atoms with Gasteiger partial charge in [-0.05, 0) is 35.4 Å². The Balaban J connectivity index is 0.000000190. The molecule has 26 heavy (non-hydrogen) atoms. The van der Waals surface area contributed by atoms with Crippen LogP contribution in [0.5, 0.6) is 0 Å². The highest BCUT2D eigenvalue weighted by Gasteiger charge is 2.04. The van der Waals surface area contributed by atoms with E-state index in [2.05, 4.69) is 48.5 Å². The first-order chi connectivity index (χ1) is 12.6. The fraction of sp³-hybridized carbons (Fsp3) is 0. The molecule has 0 heterocycles. The Labute approximate surface area is 151 Å². The Morgan fingerprint density at radius 3 is 0.962 bits per heavy atom. The Bertz CT molecular complexity index is 786. The van der Waals surface area contributed by atoms with Crippen LogP contribution in [0.15, 0.2) is 97.1 Å². The first-order valence-electron chi connectivity index (χ1n) is 7.91. The van der Waals surface area contributed by atoms with Crippen LogP contribution in [0.3, 0.4) is 0 Å². The lowest BCUT2D eigenvalue weighted by molar-refractivity contribution is 0.0681. The zero-order valence-electron chi connectivity index (χ0n) is 13.9. The average molecular weight is 346 g/mol. The molecule has 0 bridgehead atoms. The molecule has 2 aliphatic carbocycles. The molecule has 4 heteroatoms. The summed E-state index contributed by atoms with van der Waals surface area (Å²) in [5, 5.41) is 16.9. The Morgan fingerprint density at radius 1 is 0.462 bits per heavy atom. The molecule has 0 aliphatic heterocycles. The SMILES string of the molecule is O=C(O)c1ccc(C(=O)O)cc1.c1cccc2ccccccc-2cc1. The second kappa shape index (κ2) is 9.59. The third kappa shape index (κ3) is 5.76. The van der Waals surface area contributed by atoms with Crippen LogP contribution in [-0.4, -0.2) is 22.2 Å². The van der Waals surface area contributed by atoms with E-state index >= 15 is 0 Å². The van der Waals surface area contributed by atoms with E-state index in [1.54, 1.807) is 0 Å². The van der Waals surface area contributed by atoms with E-state index in [1.165, 1.54) is 35.4 Å². The summed E-state index contributed by atoms with van der Waals surface area (Å²) < 4.78 is 0. The van der Waals surface area contributed by atoms with Crippen LogP contribution < -0.4 is 0 Å². The number of hydrogen-bond donors (Lipinski definition) is 2. The van der Waals surface area contributed by atoms with Gasteiger partial charge in [0.15, 0.2) is 0 Å². The number of rotatable bonds is 2. The average Bonchev–Trinajstić information content (AvgIpc) is 2.60. The van der Waals surface area contributed by atoms with Crippen molar-refractivity contribution in [2.45, 2.75) is 0 Å². The molecule has 0 fully saturated rings. The van der Waals surface area contributed by atoms with Crippen LogP contribution in [0.4, 0.5) is 0 Å². The first kappa shape index (κ1) is 18.7. The van der Waals surface area contributed by atoms with Crippen molar-refractivity contribution in [2.75, 3.05) is 0 Å². The van der Waals surface area contributed by atoms with E-state index in [-0.39, 0.29) is 11.1 Å². The number of fused-ring (bicyclic) bond motifs is 1. The highest BCUT2D eigenvalue weighted by atomic mass is 16.4. The molecule has 4 nitrogen and oxygen atoms in total. The molecule has 130 valence electrons. The Kier molecular flexibility index (Phi) is 6.89. The molecule has 0 saturated carbocycles. The van der Waals surface area contributed by atoms with Gasteiger partial charge in [0.1, 0.15) is 0 Å². The lowest BCUT2D eigenvalue weighted by atomic mass is 10.1. The van der Waals surface area contributed by atoms with Gasteiger partial charge in [-0.15, -0.1) is 0 Å². The number of carboxylic acids is 2. The topological polar surface area (TPSA) is 74.6 Å². The molecule has 0 aromatic heterocycles. The van der Waals surface area contributed by atoms with Gasteiger partial charge in [-0.1, -0.05) is 72.8 Å². The molecular formula is C22H18O4. The molecule has 3 rings (SSSR count). The summed E-state index contributed by atoms with van der Waals surface area (Å²) in [4.78, 5) is 20.7. The van der Waals surface area contributed by atoms with Gasteiger partial charge in [0.25, 0.3) is 0 Å². The van der Waals surface area contributed by atoms with Crippen LogP contribution in [0.25, 0.3) is 11.1 Å². The number of carboxylic acid groups (broad SMARTS) is 2. The summed E-state index contributed by atoms with van der Waals surface area (Å²) >= 11 is 0. The summed E-state index contributed by atoms with van der Waals surface area (Å²) in [6.07, 6.45) is 0. The Morgan fingerprint density at radius 2 is 0.731 bits per heavy atom. The van der Waals surface area contributed by atoms with Gasteiger partial charge in [0.05, 0.1) is 11.1 Å². The van der Waals surface area contributed by atoms with E-state index in [1.807, 2.05) is 24.3 Å². The van der Waals surface area contributed by atoms with Crippen molar-refractivity contribution in [1.82, 2.24) is 0 Å². The number of hydrogen-bond acceptors (Lipinski definition) is 2. The van der Waals surface area contributed by atoms with Crippen LogP contribution in [0.2, 0.25) is 0 Å². The van der Waals surface area contributed by atoms with Gasteiger partial charge in [-0.25, -0.2) is 9.59 Å². The van der Waals surface area contributed by atoms with Gasteiger partial charge >= 0.3 is 11.9 Å². The lowest BCUT2D eigenvalue weighted by Crippen LogP contribution is -1.99. The molecule has 0 spiro atoms. The largest absolute Gasteiger partial charge is 0.478 e. The van der Waals surface area contributed by atoms with Gasteiger partial charge in [0.2, 0.25) is 0 Å². The summed E-state index contributed by atoms with van der Waals surface area (Å²) in [5.74, 6) is -2.13. The van der Waals surface area contributed by atoms with Crippen molar-refractivity contribution < 1.29 is 19.8 Å². The molecule has 0 radical (unpaired) electrons. The number of benzene rings is 1. The fourth-order valence-corrected chi connectivity index (χ4v) is 2.14. The Hall–Kier alpha value is -3.66. The monoisotopic (exact) mass is 346 g/mol. The summed E-state index contributed by atoms with van der Waals surface area (Å²) in [5.41, 5.74) is 2.65. The van der Waals surface area contributed by atoms with Crippen molar-refractivity contribution in [3.63, 3.8) is 0 Å². The molecule has 0 amide bonds. The van der Waals surface area contributed by atoms with E-state index in [0.29, 0.717) is 0 Å². The predicted molar refractivity (Wildman–Crippen MR) is 101 cm³/mol. The second-order valence-electron chi connectivity index (χ2n) is 5.30. The van der Waals surface area contributed by atoms with Crippen LogP contribution in [-0.2, 0) is 0 Å². The molecule has 1 aromatic rings. The third-order valence-corrected chi connectivity index (χ3v) is 3.48. The van der Waals surface area contributed by atoms with E-state index < -0.39 is 11.9 Å². The van der Waals surface area contributed by atoms with E-state index in [9.17, 15) is 9.59 Å². The van der Waals surface area contributed by atoms with Crippen molar-refractivity contribution in [1.29, 1.82) is 0 Å². The maximum Gasteiger partial charge on any atom is 0.335 e. The standard InChI is InChI=1S/C14H12.C8H6O4/c1-2-6-10-14-12-8-4-3-7-11-13(14)9-5-1;9-7(10)5-1-2-6(4-3-5)8(11)12/h1-12H;1-4H,(H,9,10)(H,11,12). The predicted octanol–water partition coefficient (Wildman–Crippen LogP) is 5.00. The molecule has 2 aliphatic rings. The summed E-state index contributed by atoms with van der Waals surface area (Å²) in [7, 11) is 0. The first-order valence-corrected chi connectivity index (χ1v) is 7.91. The summed E-state index contributed by atoms with van der Waals surface area (Å²) in [6, 6.07) is 29.9. The fourth-order valence-electron chi connectivity index (χ4n) is 2.14. The minimum Gasteiger partial charge on any atom is -0.478 e. The molecular weight excluding hydrogens is 328 g/mol. The van der Waals surface area contributed by atoms with Gasteiger partial charge in [-0.2, -0.15) is 0 Å². The molecule has 2 N–H and O–H groups in total.